The van der Waals surface area contributed by atoms with Crippen LogP contribution in [0.2, 0.25) is 0 Å². The molecule has 1 unspecified atom stereocenters. The van der Waals surface area contributed by atoms with Crippen molar-refractivity contribution in [2.45, 2.75) is 19.8 Å². The molecule has 1 atom stereocenters. The molecule has 1 aromatic rings. The Bertz CT molecular complexity index is 623. The molecule has 1 saturated heterocycles. The van der Waals surface area contributed by atoms with Crippen LogP contribution in [-0.2, 0) is 11.2 Å². The van der Waals surface area contributed by atoms with Crippen molar-refractivity contribution < 1.29 is 14.7 Å². The van der Waals surface area contributed by atoms with Crippen LogP contribution in [0.5, 0.6) is 0 Å². The number of nitrogens with one attached hydrogen (secondary N) is 1. The Labute approximate surface area is 129 Å². The van der Waals surface area contributed by atoms with Crippen LogP contribution in [0.15, 0.2) is 24.3 Å². The van der Waals surface area contributed by atoms with E-state index >= 15 is 0 Å². The van der Waals surface area contributed by atoms with Crippen LogP contribution in [0.3, 0.4) is 0 Å². The fraction of sp³-hybridized carbons (Fsp3) is 0.438. The van der Waals surface area contributed by atoms with E-state index in [-0.39, 0.29) is 12.6 Å². The van der Waals surface area contributed by atoms with E-state index in [1.807, 2.05) is 12.1 Å². The van der Waals surface area contributed by atoms with Gasteiger partial charge < -0.3 is 15.3 Å². The fourth-order valence-corrected chi connectivity index (χ4v) is 2.53. The summed E-state index contributed by atoms with van der Waals surface area (Å²) in [6.45, 7) is 2.81. The van der Waals surface area contributed by atoms with Crippen LogP contribution >= 0.6 is 0 Å². The van der Waals surface area contributed by atoms with E-state index in [9.17, 15) is 9.59 Å². The minimum absolute atomic E-state index is 0.234. The normalized spacial score (nSPS) is 20.5. The van der Waals surface area contributed by atoms with E-state index in [0.29, 0.717) is 31.5 Å². The van der Waals surface area contributed by atoms with E-state index in [0.717, 1.165) is 5.56 Å². The summed E-state index contributed by atoms with van der Waals surface area (Å²) >= 11 is 0. The number of hydrogen-bond acceptors (Lipinski definition) is 3. The summed E-state index contributed by atoms with van der Waals surface area (Å²) in [4.78, 5) is 24.7. The molecule has 0 aliphatic carbocycles. The predicted molar refractivity (Wildman–Crippen MR) is 80.2 cm³/mol. The molecule has 1 aliphatic rings. The van der Waals surface area contributed by atoms with E-state index in [1.165, 1.54) is 0 Å². The third-order valence-corrected chi connectivity index (χ3v) is 4.02. The zero-order valence-electron chi connectivity index (χ0n) is 12.5. The minimum Gasteiger partial charge on any atom is -0.481 e. The van der Waals surface area contributed by atoms with Gasteiger partial charge in [0.15, 0.2) is 0 Å². The Balaban J connectivity index is 1.81. The summed E-state index contributed by atoms with van der Waals surface area (Å²) in [7, 11) is 0. The van der Waals surface area contributed by atoms with Gasteiger partial charge in [-0.3, -0.25) is 4.79 Å². The number of carboxylic acid groups (broad SMARTS) is 1. The molecule has 1 aliphatic heterocycles. The van der Waals surface area contributed by atoms with Gasteiger partial charge in [0.05, 0.1) is 17.0 Å². The average Bonchev–Trinajstić information content (AvgIpc) is 2.91. The number of amides is 2. The SMILES string of the molecule is CC1(C(=O)O)CCN(C(=O)NCCc2cccc(C#N)c2)C1. The molecule has 0 aromatic heterocycles. The number of hydrogen-bond donors (Lipinski definition) is 2. The van der Waals surface area contributed by atoms with Crippen molar-refractivity contribution in [3.8, 4) is 6.07 Å². The first-order chi connectivity index (χ1) is 10.4. The van der Waals surface area contributed by atoms with Crippen LogP contribution in [0.1, 0.15) is 24.5 Å². The summed E-state index contributed by atoms with van der Waals surface area (Å²) < 4.78 is 0. The Hall–Kier alpha value is -2.55. The van der Waals surface area contributed by atoms with E-state index < -0.39 is 11.4 Å². The number of nitrogens with zero attached hydrogens (tertiary/aromatic N) is 2. The Morgan fingerprint density at radius 1 is 1.50 bits per heavy atom. The van der Waals surface area contributed by atoms with Crippen molar-refractivity contribution in [3.05, 3.63) is 35.4 Å². The minimum atomic E-state index is -0.865. The lowest BCUT2D eigenvalue weighted by molar-refractivity contribution is -0.146. The van der Waals surface area contributed by atoms with Crippen LogP contribution < -0.4 is 5.32 Å². The highest BCUT2D eigenvalue weighted by molar-refractivity contribution is 5.79. The lowest BCUT2D eigenvalue weighted by atomic mass is 9.90. The molecule has 2 N–H and O–H groups in total. The van der Waals surface area contributed by atoms with Gasteiger partial charge in [-0.25, -0.2) is 4.79 Å². The van der Waals surface area contributed by atoms with Crippen LogP contribution in [0.4, 0.5) is 4.79 Å². The summed E-state index contributed by atoms with van der Waals surface area (Å²) in [5.41, 5.74) is 0.732. The molecule has 22 heavy (non-hydrogen) atoms. The number of nitriles is 1. The number of carboxylic acids is 1. The fourth-order valence-electron chi connectivity index (χ4n) is 2.53. The predicted octanol–water partition coefficient (Wildman–Crippen LogP) is 1.61. The van der Waals surface area contributed by atoms with Crippen molar-refractivity contribution in [2.24, 2.45) is 5.41 Å². The largest absolute Gasteiger partial charge is 0.481 e. The Morgan fingerprint density at radius 3 is 2.91 bits per heavy atom. The number of carbonyl (C=O) groups excluding carboxylic acids is 1. The first-order valence-electron chi connectivity index (χ1n) is 7.20. The lowest BCUT2D eigenvalue weighted by Gasteiger charge is -2.20. The molecular formula is C16H19N3O3. The maximum atomic E-state index is 12.0. The van der Waals surface area contributed by atoms with E-state index in [1.54, 1.807) is 24.0 Å². The van der Waals surface area contributed by atoms with E-state index in [4.69, 9.17) is 10.4 Å². The summed E-state index contributed by atoms with van der Waals surface area (Å²) in [6.07, 6.45) is 1.10. The molecule has 2 amide bonds. The van der Waals surface area contributed by atoms with Gasteiger partial charge in [-0.1, -0.05) is 12.1 Å². The molecule has 1 heterocycles. The summed E-state index contributed by atoms with van der Waals surface area (Å²) in [6, 6.07) is 9.10. The average molecular weight is 301 g/mol. The Kier molecular flexibility index (Phi) is 4.66. The number of likely N-dealkylation sites (tertiary alicyclic amines) is 1. The number of aliphatic carboxylic acids is 1. The van der Waals surface area contributed by atoms with Gasteiger partial charge in [0.2, 0.25) is 0 Å². The quantitative estimate of drug-likeness (QED) is 0.883. The molecule has 0 saturated carbocycles. The molecule has 6 heteroatoms. The van der Waals surface area contributed by atoms with Crippen LogP contribution in [0.25, 0.3) is 0 Å². The highest BCUT2D eigenvalue weighted by Gasteiger charge is 2.42. The second-order valence-corrected chi connectivity index (χ2v) is 5.83. The van der Waals surface area contributed by atoms with Gasteiger partial charge >= 0.3 is 12.0 Å². The molecule has 6 nitrogen and oxygen atoms in total. The Morgan fingerprint density at radius 2 is 2.27 bits per heavy atom. The van der Waals surface area contributed by atoms with E-state index in [2.05, 4.69) is 11.4 Å². The van der Waals surface area contributed by atoms with Crippen molar-refractivity contribution >= 4 is 12.0 Å². The molecule has 1 aromatic carbocycles. The van der Waals surface area contributed by atoms with Gasteiger partial charge in [0, 0.05) is 19.6 Å². The molecular weight excluding hydrogens is 282 g/mol. The number of carbonyl (C=O) groups is 2. The van der Waals surface area contributed by atoms with Gasteiger partial charge in [0.1, 0.15) is 0 Å². The van der Waals surface area contributed by atoms with Crippen molar-refractivity contribution in [3.63, 3.8) is 0 Å². The number of rotatable bonds is 4. The topological polar surface area (TPSA) is 93.4 Å². The van der Waals surface area contributed by atoms with Crippen molar-refractivity contribution in [1.29, 1.82) is 5.26 Å². The highest BCUT2D eigenvalue weighted by Crippen LogP contribution is 2.29. The maximum absolute atomic E-state index is 12.0. The second-order valence-electron chi connectivity index (χ2n) is 5.83. The van der Waals surface area contributed by atoms with Gasteiger partial charge in [-0.05, 0) is 37.5 Å². The first kappa shape index (κ1) is 15.8. The zero-order valence-corrected chi connectivity index (χ0v) is 12.5. The third kappa shape index (κ3) is 3.55. The highest BCUT2D eigenvalue weighted by atomic mass is 16.4. The summed E-state index contributed by atoms with van der Waals surface area (Å²) in [5.74, 6) is -0.865. The molecule has 2 rings (SSSR count). The molecule has 1 fully saturated rings. The van der Waals surface area contributed by atoms with Crippen molar-refractivity contribution in [1.82, 2.24) is 10.2 Å². The maximum Gasteiger partial charge on any atom is 0.317 e. The summed E-state index contributed by atoms with van der Waals surface area (Å²) in [5, 5.41) is 20.8. The number of urea groups is 1. The smallest absolute Gasteiger partial charge is 0.317 e. The zero-order chi connectivity index (χ0) is 16.2. The lowest BCUT2D eigenvalue weighted by Crippen LogP contribution is -2.41. The van der Waals surface area contributed by atoms with Crippen LogP contribution in [-0.4, -0.2) is 41.6 Å². The van der Waals surface area contributed by atoms with Gasteiger partial charge in [-0.2, -0.15) is 5.26 Å². The monoisotopic (exact) mass is 301 g/mol. The number of benzene rings is 1. The standard InChI is InChI=1S/C16H19N3O3/c1-16(14(20)21)6-8-19(11-16)15(22)18-7-5-12-3-2-4-13(9-12)10-17/h2-4,9H,5-8,11H2,1H3,(H,18,22)(H,20,21). The van der Waals surface area contributed by atoms with Crippen LogP contribution in [0, 0.1) is 16.7 Å². The van der Waals surface area contributed by atoms with Gasteiger partial charge in [-0.15, -0.1) is 0 Å². The van der Waals surface area contributed by atoms with Gasteiger partial charge in [0.25, 0.3) is 0 Å². The first-order valence-corrected chi connectivity index (χ1v) is 7.20. The molecule has 0 radical (unpaired) electrons. The van der Waals surface area contributed by atoms with Crippen molar-refractivity contribution in [2.75, 3.05) is 19.6 Å². The third-order valence-electron chi connectivity index (χ3n) is 4.02. The second kappa shape index (κ2) is 6.48. The molecule has 0 spiro atoms. The molecule has 116 valence electrons. The molecule has 0 bridgehead atoms.